The molecule has 0 radical (unpaired) electrons. The van der Waals surface area contributed by atoms with Crippen LogP contribution in [-0.4, -0.2) is 18.4 Å². The molecule has 1 unspecified atom stereocenters. The van der Waals surface area contributed by atoms with Crippen molar-refractivity contribution < 1.29 is 26.3 Å². The molecule has 0 bridgehead atoms. The van der Waals surface area contributed by atoms with Crippen molar-refractivity contribution in [1.29, 1.82) is 0 Å². The zero-order chi connectivity index (χ0) is 15.6. The van der Waals surface area contributed by atoms with Gasteiger partial charge in [-0.1, -0.05) is 28.1 Å². The lowest BCUT2D eigenvalue weighted by Crippen LogP contribution is -2.54. The highest BCUT2D eigenvalue weighted by molar-refractivity contribution is 9.10. The van der Waals surface area contributed by atoms with Gasteiger partial charge in [0.05, 0.1) is 0 Å². The Hall–Kier alpha value is -0.800. The van der Waals surface area contributed by atoms with Crippen molar-refractivity contribution in [2.24, 2.45) is 11.8 Å². The Morgan fingerprint density at radius 1 is 1.00 bits per heavy atom. The molecule has 3 N–H and O–H groups in total. The van der Waals surface area contributed by atoms with Crippen molar-refractivity contribution in [3.63, 3.8) is 0 Å². The molecule has 0 fully saturated rings. The molecule has 0 aliphatic rings. The van der Waals surface area contributed by atoms with Crippen LogP contribution < -0.4 is 11.3 Å². The number of rotatable bonds is 4. The minimum atomic E-state index is -5.43. The van der Waals surface area contributed by atoms with Gasteiger partial charge in [0.15, 0.2) is 5.92 Å². The highest BCUT2D eigenvalue weighted by Gasteiger charge is 2.59. The minimum Gasteiger partial charge on any atom is -0.271 e. The van der Waals surface area contributed by atoms with Crippen molar-refractivity contribution in [3.05, 3.63) is 34.3 Å². The van der Waals surface area contributed by atoms with Crippen molar-refractivity contribution in [3.8, 4) is 0 Å². The molecule has 1 atom stereocenters. The third kappa shape index (κ3) is 4.64. The Balaban J connectivity index is 3.00. The summed E-state index contributed by atoms with van der Waals surface area (Å²) in [5, 5.41) is 0. The van der Waals surface area contributed by atoms with Crippen molar-refractivity contribution in [1.82, 2.24) is 5.43 Å². The molecule has 9 heteroatoms. The number of nitrogens with two attached hydrogens (primary N) is 1. The smallest absolute Gasteiger partial charge is 0.271 e. The molecule has 114 valence electrons. The van der Waals surface area contributed by atoms with Gasteiger partial charge in [-0.25, -0.2) is 0 Å². The van der Waals surface area contributed by atoms with E-state index in [4.69, 9.17) is 5.84 Å². The van der Waals surface area contributed by atoms with Gasteiger partial charge in [0.1, 0.15) is 0 Å². The molecule has 1 rings (SSSR count). The SMILES string of the molecule is NNC(Cc1ccc(Br)cc1)C(C(F)(F)F)C(F)(F)F. The van der Waals surface area contributed by atoms with Crippen LogP contribution in [-0.2, 0) is 6.42 Å². The molecular formula is C11H11BrF6N2. The number of hydrazine groups is 1. The van der Waals surface area contributed by atoms with Gasteiger partial charge in [0.2, 0.25) is 0 Å². The quantitative estimate of drug-likeness (QED) is 0.487. The van der Waals surface area contributed by atoms with Crippen LogP contribution in [0.25, 0.3) is 0 Å². The summed E-state index contributed by atoms with van der Waals surface area (Å²) in [4.78, 5) is 0. The molecule has 0 aliphatic heterocycles. The van der Waals surface area contributed by atoms with E-state index in [1.807, 2.05) is 0 Å². The van der Waals surface area contributed by atoms with Crippen LogP contribution >= 0.6 is 15.9 Å². The second-order valence-electron chi connectivity index (χ2n) is 4.16. The van der Waals surface area contributed by atoms with E-state index in [-0.39, 0.29) is 0 Å². The van der Waals surface area contributed by atoms with E-state index in [1.165, 1.54) is 24.3 Å². The Morgan fingerprint density at radius 3 is 1.80 bits per heavy atom. The standard InChI is InChI=1S/C11H11BrF6N2/c12-7-3-1-6(2-4-7)5-8(20-19)9(10(13,14)15)11(16,17)18/h1-4,8-9,20H,5,19H2. The molecular weight excluding hydrogens is 354 g/mol. The third-order valence-corrected chi connectivity index (χ3v) is 3.22. The average molecular weight is 365 g/mol. The number of hydrogen-bond acceptors (Lipinski definition) is 2. The first-order valence-corrected chi connectivity index (χ1v) is 6.19. The lowest BCUT2D eigenvalue weighted by Gasteiger charge is -2.30. The van der Waals surface area contributed by atoms with Crippen molar-refractivity contribution in [2.75, 3.05) is 0 Å². The maximum absolute atomic E-state index is 12.6. The van der Waals surface area contributed by atoms with Gasteiger partial charge in [0, 0.05) is 10.5 Å². The first kappa shape index (κ1) is 17.3. The monoisotopic (exact) mass is 364 g/mol. The van der Waals surface area contributed by atoms with Gasteiger partial charge in [-0.3, -0.25) is 11.3 Å². The van der Waals surface area contributed by atoms with Crippen LogP contribution in [0.5, 0.6) is 0 Å². The summed E-state index contributed by atoms with van der Waals surface area (Å²) in [6.07, 6.45) is -11.3. The van der Waals surface area contributed by atoms with Crippen LogP contribution in [0.1, 0.15) is 5.56 Å². The lowest BCUT2D eigenvalue weighted by molar-refractivity contribution is -0.291. The van der Waals surface area contributed by atoms with Gasteiger partial charge < -0.3 is 0 Å². The zero-order valence-electron chi connectivity index (χ0n) is 9.89. The van der Waals surface area contributed by atoms with Gasteiger partial charge in [-0.15, -0.1) is 0 Å². The van der Waals surface area contributed by atoms with Crippen LogP contribution in [0.15, 0.2) is 28.7 Å². The second kappa shape index (κ2) is 6.31. The molecule has 2 nitrogen and oxygen atoms in total. The summed E-state index contributed by atoms with van der Waals surface area (Å²) in [6, 6.07) is 3.92. The number of halogens is 7. The normalized spacial score (nSPS) is 14.7. The van der Waals surface area contributed by atoms with Gasteiger partial charge in [-0.2, -0.15) is 26.3 Å². The molecule has 20 heavy (non-hydrogen) atoms. The van der Waals surface area contributed by atoms with Crippen LogP contribution in [0.3, 0.4) is 0 Å². The fraction of sp³-hybridized carbons (Fsp3) is 0.455. The largest absolute Gasteiger partial charge is 0.402 e. The van der Waals surface area contributed by atoms with Crippen LogP contribution in [0, 0.1) is 5.92 Å². The topological polar surface area (TPSA) is 38.0 Å². The zero-order valence-corrected chi connectivity index (χ0v) is 11.5. The van der Waals surface area contributed by atoms with E-state index in [2.05, 4.69) is 15.9 Å². The van der Waals surface area contributed by atoms with Gasteiger partial charge in [0.25, 0.3) is 0 Å². The Morgan fingerprint density at radius 2 is 1.45 bits per heavy atom. The summed E-state index contributed by atoms with van der Waals surface area (Å²) in [7, 11) is 0. The molecule has 0 heterocycles. The summed E-state index contributed by atoms with van der Waals surface area (Å²) in [6.45, 7) is 0. The Kier molecular flexibility index (Phi) is 5.45. The van der Waals surface area contributed by atoms with E-state index in [0.717, 1.165) is 0 Å². The number of alkyl halides is 6. The molecule has 0 saturated heterocycles. The molecule has 0 amide bonds. The number of hydrogen-bond donors (Lipinski definition) is 2. The molecule has 0 aromatic heterocycles. The molecule has 0 saturated carbocycles. The van der Waals surface area contributed by atoms with Gasteiger partial charge >= 0.3 is 12.4 Å². The van der Waals surface area contributed by atoms with Crippen molar-refractivity contribution >= 4 is 15.9 Å². The average Bonchev–Trinajstić information content (AvgIpc) is 2.27. The molecule has 1 aromatic rings. The van der Waals surface area contributed by atoms with E-state index < -0.39 is 30.7 Å². The molecule has 1 aromatic carbocycles. The first-order chi connectivity index (χ1) is 9.05. The Labute approximate surface area is 119 Å². The third-order valence-electron chi connectivity index (χ3n) is 2.69. The maximum atomic E-state index is 12.6. The van der Waals surface area contributed by atoms with E-state index in [1.54, 1.807) is 5.43 Å². The predicted octanol–water partition coefficient (Wildman–Crippen LogP) is 3.56. The second-order valence-corrected chi connectivity index (χ2v) is 5.08. The first-order valence-electron chi connectivity index (χ1n) is 5.39. The molecule has 0 aliphatic carbocycles. The van der Waals surface area contributed by atoms with E-state index in [9.17, 15) is 26.3 Å². The minimum absolute atomic E-state index is 0.314. The summed E-state index contributed by atoms with van der Waals surface area (Å²) in [5.41, 5.74) is 1.94. The highest BCUT2D eigenvalue weighted by atomic mass is 79.9. The van der Waals surface area contributed by atoms with E-state index >= 15 is 0 Å². The maximum Gasteiger partial charge on any atom is 0.402 e. The highest BCUT2D eigenvalue weighted by Crippen LogP contribution is 2.41. The summed E-state index contributed by atoms with van der Waals surface area (Å²) < 4.78 is 76.2. The van der Waals surface area contributed by atoms with Crippen molar-refractivity contribution in [2.45, 2.75) is 24.8 Å². The van der Waals surface area contributed by atoms with E-state index in [0.29, 0.717) is 10.0 Å². The fourth-order valence-electron chi connectivity index (χ4n) is 1.79. The van der Waals surface area contributed by atoms with Gasteiger partial charge in [-0.05, 0) is 24.1 Å². The number of nitrogens with one attached hydrogen (secondary N) is 1. The lowest BCUT2D eigenvalue weighted by atomic mass is 9.93. The summed E-state index contributed by atoms with van der Waals surface area (Å²) >= 11 is 3.12. The number of benzene rings is 1. The van der Waals surface area contributed by atoms with Crippen LogP contribution in [0.4, 0.5) is 26.3 Å². The fourth-order valence-corrected chi connectivity index (χ4v) is 2.05. The summed E-state index contributed by atoms with van der Waals surface area (Å²) in [5.74, 6) is 1.36. The predicted molar refractivity (Wildman–Crippen MR) is 64.6 cm³/mol. The van der Waals surface area contributed by atoms with Crippen LogP contribution in [0.2, 0.25) is 0 Å². The molecule has 0 spiro atoms. The Bertz CT molecular complexity index is 414.